The van der Waals surface area contributed by atoms with E-state index in [2.05, 4.69) is 25.1 Å². The Bertz CT molecular complexity index is 1830. The molecule has 1 N–H and O–H groups in total. The summed E-state index contributed by atoms with van der Waals surface area (Å²) in [6.07, 6.45) is -7.98. The molecule has 0 saturated carbocycles. The molecular weight excluding hydrogens is 678 g/mol. The summed E-state index contributed by atoms with van der Waals surface area (Å²) in [5, 5.41) is 6.95. The number of alkyl halides is 6. The van der Waals surface area contributed by atoms with Gasteiger partial charge in [-0.05, 0) is 61.0 Å². The molecule has 4 aromatic rings. The molecule has 1 saturated heterocycles. The zero-order chi connectivity index (χ0) is 33.9. The van der Waals surface area contributed by atoms with Gasteiger partial charge in [-0.15, -0.1) is 18.3 Å². The van der Waals surface area contributed by atoms with Crippen molar-refractivity contribution in [3.8, 4) is 22.8 Å². The second-order valence-corrected chi connectivity index (χ2v) is 11.2. The van der Waals surface area contributed by atoms with Crippen LogP contribution in [0.4, 0.5) is 42.5 Å². The molecule has 47 heavy (non-hydrogen) atoms. The van der Waals surface area contributed by atoms with Crippen molar-refractivity contribution < 1.29 is 45.4 Å². The number of hydrogen-bond acceptors (Lipinski definition) is 7. The fourth-order valence-electron chi connectivity index (χ4n) is 4.27. The number of anilines is 2. The maximum absolute atomic E-state index is 12.9. The molecule has 0 spiro atoms. The molecule has 3 aromatic carbocycles. The minimum absolute atomic E-state index is 0.0102. The first-order valence-electron chi connectivity index (χ1n) is 13.3. The lowest BCUT2D eigenvalue weighted by atomic mass is 10.1. The summed E-state index contributed by atoms with van der Waals surface area (Å²) in [5.41, 5.74) is 2.30. The van der Waals surface area contributed by atoms with Crippen molar-refractivity contribution in [3.63, 3.8) is 0 Å². The van der Waals surface area contributed by atoms with Crippen LogP contribution in [0.25, 0.3) is 17.1 Å². The van der Waals surface area contributed by atoms with Crippen LogP contribution in [0.1, 0.15) is 11.1 Å². The van der Waals surface area contributed by atoms with Crippen molar-refractivity contribution in [3.05, 3.63) is 83.1 Å². The Morgan fingerprint density at radius 3 is 2.49 bits per heavy atom. The Morgan fingerprint density at radius 2 is 1.81 bits per heavy atom. The van der Waals surface area contributed by atoms with E-state index in [-0.39, 0.29) is 33.1 Å². The van der Waals surface area contributed by atoms with Crippen molar-refractivity contribution in [1.82, 2.24) is 14.8 Å². The Morgan fingerprint density at radius 1 is 1.06 bits per heavy atom. The Kier molecular flexibility index (Phi) is 9.78. The third kappa shape index (κ3) is 8.81. The lowest BCUT2D eigenvalue weighted by Gasteiger charge is -2.21. The van der Waals surface area contributed by atoms with Crippen LogP contribution in [0.3, 0.4) is 0 Å². The first kappa shape index (κ1) is 33.7. The van der Waals surface area contributed by atoms with Crippen LogP contribution in [0.5, 0.6) is 5.75 Å². The Labute approximate surface area is 271 Å². The van der Waals surface area contributed by atoms with Gasteiger partial charge in [-0.3, -0.25) is 9.69 Å². The summed E-state index contributed by atoms with van der Waals surface area (Å²) < 4.78 is 85.2. The van der Waals surface area contributed by atoms with Crippen molar-refractivity contribution in [2.24, 2.45) is 4.99 Å². The smallest absolute Gasteiger partial charge is 0.406 e. The van der Waals surface area contributed by atoms with Gasteiger partial charge in [0.25, 0.3) is 0 Å². The third-order valence-corrected chi connectivity index (χ3v) is 7.50. The highest BCUT2D eigenvalue weighted by molar-refractivity contribution is 8.15. The number of hydrogen-bond donors (Lipinski definition) is 1. The predicted octanol–water partition coefficient (Wildman–Crippen LogP) is 7.54. The number of aromatic nitrogens is 3. The summed E-state index contributed by atoms with van der Waals surface area (Å²) in [6, 6.07) is 13.4. The summed E-state index contributed by atoms with van der Waals surface area (Å²) in [5.74, 6) is -0.659. The van der Waals surface area contributed by atoms with Crippen LogP contribution in [-0.2, 0) is 16.1 Å². The van der Waals surface area contributed by atoms with Gasteiger partial charge in [0, 0.05) is 11.1 Å². The molecule has 0 bridgehead atoms. The fraction of sp³-hybridized carbons (Fsp3) is 0.207. The second kappa shape index (κ2) is 13.6. The van der Waals surface area contributed by atoms with E-state index in [1.54, 1.807) is 25.1 Å². The number of urea groups is 1. The van der Waals surface area contributed by atoms with Crippen molar-refractivity contribution >= 4 is 51.8 Å². The highest BCUT2D eigenvalue weighted by Crippen LogP contribution is 2.32. The monoisotopic (exact) mass is 698 g/mol. The number of carbonyl (C=O) groups is 2. The van der Waals surface area contributed by atoms with Crippen molar-refractivity contribution in [2.75, 3.05) is 22.6 Å². The minimum Gasteiger partial charge on any atom is -0.406 e. The second-order valence-electron chi connectivity index (χ2n) is 9.83. The number of nitrogens with one attached hydrogen (secondary N) is 1. The minimum atomic E-state index is -4.82. The fourth-order valence-corrected chi connectivity index (χ4v) is 5.35. The first-order valence-corrected chi connectivity index (χ1v) is 14.7. The number of rotatable bonds is 8. The lowest BCUT2D eigenvalue weighted by Crippen LogP contribution is -2.31. The molecule has 1 aliphatic heterocycles. The predicted molar refractivity (Wildman–Crippen MR) is 162 cm³/mol. The molecule has 1 fully saturated rings. The van der Waals surface area contributed by atoms with E-state index in [0.717, 1.165) is 28.8 Å². The normalized spacial score (nSPS) is 14.6. The van der Waals surface area contributed by atoms with Crippen LogP contribution >= 0.6 is 23.4 Å². The number of aliphatic imine (C=N–C) groups is 1. The van der Waals surface area contributed by atoms with Gasteiger partial charge in [0.05, 0.1) is 34.4 Å². The van der Waals surface area contributed by atoms with Gasteiger partial charge in [0.2, 0.25) is 5.91 Å². The lowest BCUT2D eigenvalue weighted by molar-refractivity contribution is -0.274. The van der Waals surface area contributed by atoms with Gasteiger partial charge in [0.1, 0.15) is 18.7 Å². The third-order valence-electron chi connectivity index (χ3n) is 6.26. The average Bonchev–Trinajstić information content (AvgIpc) is 3.61. The number of nitrogens with zero attached hydrogens (tertiary/aromatic N) is 5. The van der Waals surface area contributed by atoms with Crippen LogP contribution in [0.2, 0.25) is 5.02 Å². The summed E-state index contributed by atoms with van der Waals surface area (Å²) in [6.45, 7) is -0.162. The van der Waals surface area contributed by atoms with Crippen LogP contribution in [0, 0.1) is 6.92 Å². The van der Waals surface area contributed by atoms with E-state index in [0.29, 0.717) is 22.4 Å². The molecule has 18 heteroatoms. The zero-order valence-corrected chi connectivity index (χ0v) is 25.5. The summed E-state index contributed by atoms with van der Waals surface area (Å²) >= 11 is 7.38. The molecular formula is C29H21ClF6N6O4S. The molecule has 0 aliphatic carbocycles. The largest absolute Gasteiger partial charge is 0.573 e. The molecule has 0 atom stereocenters. The maximum Gasteiger partial charge on any atom is 0.573 e. The number of amides is 3. The van der Waals surface area contributed by atoms with Crippen LogP contribution in [0.15, 0.2) is 72.0 Å². The molecule has 3 amide bonds. The van der Waals surface area contributed by atoms with Gasteiger partial charge in [-0.25, -0.2) is 14.5 Å². The topological polar surface area (TPSA) is 111 Å². The summed E-state index contributed by atoms with van der Waals surface area (Å²) in [4.78, 5) is 35.0. The van der Waals surface area contributed by atoms with E-state index in [1.165, 1.54) is 41.3 Å². The molecule has 246 valence electrons. The molecule has 0 radical (unpaired) electrons. The number of halogens is 7. The van der Waals surface area contributed by atoms with E-state index < -0.39 is 43.4 Å². The number of ether oxygens (including phenoxy) is 2. The van der Waals surface area contributed by atoms with Crippen LogP contribution in [-0.4, -0.2) is 56.8 Å². The molecule has 1 aliphatic rings. The van der Waals surface area contributed by atoms with Gasteiger partial charge in [0.15, 0.2) is 11.0 Å². The zero-order valence-electron chi connectivity index (χ0n) is 23.9. The molecule has 0 unspecified atom stereocenters. The van der Waals surface area contributed by atoms with E-state index in [4.69, 9.17) is 16.3 Å². The van der Waals surface area contributed by atoms with Crippen LogP contribution < -0.4 is 15.0 Å². The molecule has 2 heterocycles. The molecule has 5 rings (SSSR count). The van der Waals surface area contributed by atoms with E-state index in [9.17, 15) is 35.9 Å². The quantitative estimate of drug-likeness (QED) is 0.189. The summed E-state index contributed by atoms with van der Waals surface area (Å²) in [7, 11) is 0. The maximum atomic E-state index is 12.9. The number of amidine groups is 1. The van der Waals surface area contributed by atoms with E-state index >= 15 is 0 Å². The van der Waals surface area contributed by atoms with Gasteiger partial charge < -0.3 is 14.8 Å². The highest BCUT2D eigenvalue weighted by atomic mass is 35.5. The van der Waals surface area contributed by atoms with Gasteiger partial charge >= 0.3 is 18.6 Å². The van der Waals surface area contributed by atoms with Crippen molar-refractivity contribution in [2.45, 2.75) is 26.1 Å². The molecule has 10 nitrogen and oxygen atoms in total. The number of benzene rings is 3. The number of carbonyl (C=O) groups excluding carboxylic acids is 2. The highest BCUT2D eigenvalue weighted by Gasteiger charge is 2.33. The number of thioether (sulfide) groups is 1. The standard InChI is InChI=1S/C29H21ClF6N6O4S/c1-16-2-3-18(12-45-14-28(31,32)33)23(10-16)42-24(43)13-47-27(42)39-26(44)38-22-9-6-19(11-21(22)30)41-15-37-25(40-41)17-4-7-20(8-5-17)46-29(34,35)36/h2-11,15H,12-14H2,1H3,(H,38,44). The van der Waals surface area contributed by atoms with Crippen molar-refractivity contribution in [1.29, 1.82) is 0 Å². The number of aryl methyl sites for hydroxylation is 1. The van der Waals surface area contributed by atoms with Gasteiger partial charge in [-0.2, -0.15) is 18.2 Å². The van der Waals surface area contributed by atoms with Gasteiger partial charge in [-0.1, -0.05) is 35.5 Å². The SMILES string of the molecule is Cc1ccc(COCC(F)(F)F)c(N2C(=O)CSC2=NC(=O)Nc2ccc(-n3cnc(-c4ccc(OC(F)(F)F)cc4)n3)cc2Cl)c1. The Hall–Kier alpha value is -4.61. The average molecular weight is 699 g/mol. The first-order chi connectivity index (χ1) is 22.1. The van der Waals surface area contributed by atoms with E-state index in [1.807, 2.05) is 0 Å². The Balaban J connectivity index is 1.29. The molecule has 1 aromatic heterocycles.